The van der Waals surface area contributed by atoms with E-state index < -0.39 is 0 Å². The SMILES string of the molecule is Cc1cccc(C(Cl)c2ccc(C)c3ccccc23)c1. The zero-order valence-electron chi connectivity index (χ0n) is 11.7. The molecule has 3 aromatic carbocycles. The van der Waals surface area contributed by atoms with Crippen LogP contribution in [0, 0.1) is 13.8 Å². The van der Waals surface area contributed by atoms with E-state index in [1.807, 2.05) is 0 Å². The van der Waals surface area contributed by atoms with Gasteiger partial charge in [-0.1, -0.05) is 66.2 Å². The van der Waals surface area contributed by atoms with E-state index >= 15 is 0 Å². The largest absolute Gasteiger partial charge is 0.113 e. The van der Waals surface area contributed by atoms with Crippen molar-refractivity contribution in [3.8, 4) is 0 Å². The zero-order valence-corrected chi connectivity index (χ0v) is 12.5. The van der Waals surface area contributed by atoms with Crippen LogP contribution >= 0.6 is 11.6 Å². The van der Waals surface area contributed by atoms with Crippen molar-refractivity contribution >= 4 is 22.4 Å². The fraction of sp³-hybridized carbons (Fsp3) is 0.158. The van der Waals surface area contributed by atoms with E-state index in [1.165, 1.54) is 27.5 Å². The van der Waals surface area contributed by atoms with Crippen LogP contribution in [-0.2, 0) is 0 Å². The fourth-order valence-electron chi connectivity index (χ4n) is 2.70. The lowest BCUT2D eigenvalue weighted by atomic mass is 9.95. The summed E-state index contributed by atoms with van der Waals surface area (Å²) < 4.78 is 0. The van der Waals surface area contributed by atoms with Crippen LogP contribution in [0.3, 0.4) is 0 Å². The molecule has 0 heterocycles. The average molecular weight is 281 g/mol. The van der Waals surface area contributed by atoms with Crippen molar-refractivity contribution in [2.45, 2.75) is 19.2 Å². The van der Waals surface area contributed by atoms with Gasteiger partial charge in [0, 0.05) is 0 Å². The molecule has 0 nitrogen and oxygen atoms in total. The molecule has 3 aromatic rings. The highest BCUT2D eigenvalue weighted by Gasteiger charge is 2.14. The first-order chi connectivity index (χ1) is 9.66. The summed E-state index contributed by atoms with van der Waals surface area (Å²) in [5.41, 5.74) is 4.86. The molecular weight excluding hydrogens is 264 g/mol. The highest BCUT2D eigenvalue weighted by Crippen LogP contribution is 2.35. The molecule has 0 aromatic heterocycles. The molecule has 0 fully saturated rings. The number of halogens is 1. The Kier molecular flexibility index (Phi) is 3.50. The van der Waals surface area contributed by atoms with Crippen molar-refractivity contribution in [1.82, 2.24) is 0 Å². The Morgan fingerprint density at radius 3 is 2.30 bits per heavy atom. The Morgan fingerprint density at radius 2 is 1.55 bits per heavy atom. The molecule has 1 unspecified atom stereocenters. The molecule has 0 saturated carbocycles. The number of benzene rings is 3. The van der Waals surface area contributed by atoms with Crippen LogP contribution in [0.1, 0.15) is 27.6 Å². The summed E-state index contributed by atoms with van der Waals surface area (Å²) in [6.45, 7) is 4.24. The summed E-state index contributed by atoms with van der Waals surface area (Å²) in [5.74, 6) is 0. The minimum atomic E-state index is -0.111. The third kappa shape index (κ3) is 2.32. The first kappa shape index (κ1) is 13.2. The van der Waals surface area contributed by atoms with E-state index in [-0.39, 0.29) is 5.38 Å². The third-order valence-corrected chi connectivity index (χ3v) is 4.27. The van der Waals surface area contributed by atoms with Crippen LogP contribution in [0.4, 0.5) is 0 Å². The van der Waals surface area contributed by atoms with Gasteiger partial charge in [-0.25, -0.2) is 0 Å². The van der Waals surface area contributed by atoms with Gasteiger partial charge in [-0.15, -0.1) is 11.6 Å². The van der Waals surface area contributed by atoms with Gasteiger partial charge < -0.3 is 0 Å². The minimum absolute atomic E-state index is 0.111. The summed E-state index contributed by atoms with van der Waals surface area (Å²) >= 11 is 6.73. The number of hydrogen-bond acceptors (Lipinski definition) is 0. The van der Waals surface area contributed by atoms with Crippen LogP contribution in [0.5, 0.6) is 0 Å². The molecule has 0 bridgehead atoms. The lowest BCUT2D eigenvalue weighted by molar-refractivity contribution is 1.15. The van der Waals surface area contributed by atoms with Crippen molar-refractivity contribution in [2.24, 2.45) is 0 Å². The highest BCUT2D eigenvalue weighted by molar-refractivity contribution is 6.23. The predicted molar refractivity (Wildman–Crippen MR) is 87.6 cm³/mol. The number of rotatable bonds is 2. The Labute approximate surface area is 125 Å². The summed E-state index contributed by atoms with van der Waals surface area (Å²) in [6, 6.07) is 21.2. The molecule has 1 atom stereocenters. The standard InChI is InChI=1S/C19H17Cl/c1-13-6-5-7-15(12-13)19(20)18-11-10-14(2)16-8-3-4-9-17(16)18/h3-12,19H,1-2H3. The molecule has 1 heteroatoms. The molecule has 3 rings (SSSR count). The van der Waals surface area contributed by atoms with E-state index in [2.05, 4.69) is 74.5 Å². The van der Waals surface area contributed by atoms with Crippen LogP contribution < -0.4 is 0 Å². The molecule has 20 heavy (non-hydrogen) atoms. The summed E-state index contributed by atoms with van der Waals surface area (Å²) in [6.07, 6.45) is 0. The molecule has 0 aliphatic rings. The monoisotopic (exact) mass is 280 g/mol. The average Bonchev–Trinajstić information content (AvgIpc) is 2.47. The van der Waals surface area contributed by atoms with E-state index in [4.69, 9.17) is 11.6 Å². The maximum atomic E-state index is 6.73. The van der Waals surface area contributed by atoms with E-state index in [1.54, 1.807) is 0 Å². The van der Waals surface area contributed by atoms with Gasteiger partial charge in [-0.3, -0.25) is 0 Å². The molecule has 0 amide bonds. The minimum Gasteiger partial charge on any atom is -0.113 e. The van der Waals surface area contributed by atoms with Crippen LogP contribution in [0.2, 0.25) is 0 Å². The van der Waals surface area contributed by atoms with Gasteiger partial charge >= 0.3 is 0 Å². The topological polar surface area (TPSA) is 0 Å². The quantitative estimate of drug-likeness (QED) is 0.522. The van der Waals surface area contributed by atoms with E-state index in [0.717, 1.165) is 5.56 Å². The van der Waals surface area contributed by atoms with Crippen molar-refractivity contribution in [3.63, 3.8) is 0 Å². The van der Waals surface area contributed by atoms with Gasteiger partial charge in [-0.05, 0) is 41.3 Å². The summed E-state index contributed by atoms with van der Waals surface area (Å²) in [7, 11) is 0. The Hall–Kier alpha value is -1.79. The van der Waals surface area contributed by atoms with Crippen molar-refractivity contribution < 1.29 is 0 Å². The van der Waals surface area contributed by atoms with Gasteiger partial charge in [0.05, 0.1) is 5.38 Å². The fourth-order valence-corrected chi connectivity index (χ4v) is 3.03. The van der Waals surface area contributed by atoms with Gasteiger partial charge in [-0.2, -0.15) is 0 Å². The smallest absolute Gasteiger partial charge is 0.0841 e. The predicted octanol–water partition coefficient (Wildman–Crippen LogP) is 5.78. The molecular formula is C19H17Cl. The van der Waals surface area contributed by atoms with Crippen LogP contribution in [0.15, 0.2) is 60.7 Å². The number of fused-ring (bicyclic) bond motifs is 1. The molecule has 100 valence electrons. The second kappa shape index (κ2) is 5.30. The first-order valence-corrected chi connectivity index (χ1v) is 7.29. The maximum absolute atomic E-state index is 6.73. The highest BCUT2D eigenvalue weighted by atomic mass is 35.5. The Balaban J connectivity index is 2.17. The molecule has 0 aliphatic heterocycles. The molecule has 0 aliphatic carbocycles. The second-order valence-electron chi connectivity index (χ2n) is 5.29. The number of alkyl halides is 1. The van der Waals surface area contributed by atoms with Crippen molar-refractivity contribution in [3.05, 3.63) is 82.9 Å². The maximum Gasteiger partial charge on any atom is 0.0841 e. The second-order valence-corrected chi connectivity index (χ2v) is 5.73. The normalized spacial score (nSPS) is 12.6. The van der Waals surface area contributed by atoms with Gasteiger partial charge in [0.25, 0.3) is 0 Å². The van der Waals surface area contributed by atoms with Crippen LogP contribution in [-0.4, -0.2) is 0 Å². The lowest BCUT2D eigenvalue weighted by Crippen LogP contribution is -1.96. The Bertz CT molecular complexity index is 759. The zero-order chi connectivity index (χ0) is 14.1. The Morgan fingerprint density at radius 1 is 0.800 bits per heavy atom. The molecule has 0 spiro atoms. The van der Waals surface area contributed by atoms with Gasteiger partial charge in [0.1, 0.15) is 0 Å². The van der Waals surface area contributed by atoms with Gasteiger partial charge in [0.2, 0.25) is 0 Å². The van der Waals surface area contributed by atoms with E-state index in [9.17, 15) is 0 Å². The molecule has 0 saturated heterocycles. The summed E-state index contributed by atoms with van der Waals surface area (Å²) in [4.78, 5) is 0. The third-order valence-electron chi connectivity index (χ3n) is 3.78. The lowest BCUT2D eigenvalue weighted by Gasteiger charge is -2.15. The van der Waals surface area contributed by atoms with Crippen molar-refractivity contribution in [2.75, 3.05) is 0 Å². The number of hydrogen-bond donors (Lipinski definition) is 0. The van der Waals surface area contributed by atoms with Crippen LogP contribution in [0.25, 0.3) is 10.8 Å². The first-order valence-electron chi connectivity index (χ1n) is 6.85. The summed E-state index contributed by atoms with van der Waals surface area (Å²) in [5, 5.41) is 2.41. The number of aryl methyl sites for hydroxylation is 2. The van der Waals surface area contributed by atoms with Gasteiger partial charge in [0.15, 0.2) is 0 Å². The molecule has 0 N–H and O–H groups in total. The molecule has 0 radical (unpaired) electrons. The van der Waals surface area contributed by atoms with Crippen molar-refractivity contribution in [1.29, 1.82) is 0 Å². The van der Waals surface area contributed by atoms with E-state index in [0.29, 0.717) is 0 Å².